The molecular formula is C10H17Li. The molecule has 2 saturated carbocycles. The normalized spacial score (nSPS) is 31.9. The van der Waals surface area contributed by atoms with E-state index in [1.54, 1.807) is 0 Å². The molecule has 0 unspecified atom stereocenters. The van der Waals surface area contributed by atoms with E-state index in [9.17, 15) is 0 Å². The molecule has 11 heavy (non-hydrogen) atoms. The largest absolute Gasteiger partial charge is 1.00 e. The Kier molecular flexibility index (Phi) is 2.24. The van der Waals surface area contributed by atoms with Gasteiger partial charge in [0.15, 0.2) is 0 Å². The number of fused-ring (bicyclic) bond motifs is 2. The van der Waals surface area contributed by atoms with Gasteiger partial charge in [0.25, 0.3) is 0 Å². The molecule has 2 fully saturated rings. The first-order valence-corrected chi connectivity index (χ1v) is 4.41. The molecule has 2 rings (SSSR count). The molecule has 0 radical (unpaired) electrons. The molecule has 58 valence electrons. The van der Waals surface area contributed by atoms with Crippen molar-refractivity contribution in [1.29, 1.82) is 0 Å². The molecular weight excluding hydrogens is 127 g/mol. The number of hydrogen-bond acceptors (Lipinski definition) is 0. The molecule has 0 aromatic heterocycles. The van der Waals surface area contributed by atoms with Crippen LogP contribution in [0.15, 0.2) is 0 Å². The Hall–Kier alpha value is 0.597. The van der Waals surface area contributed by atoms with Crippen molar-refractivity contribution in [2.45, 2.75) is 46.5 Å². The SMILES string of the molecule is CC12CC[C-](CC1)C2(C)C.[Li+]. The fraction of sp³-hybridized carbons (Fsp3) is 0.900. The third-order valence-corrected chi connectivity index (χ3v) is 4.35. The van der Waals surface area contributed by atoms with Gasteiger partial charge in [-0.15, -0.1) is 0 Å². The maximum atomic E-state index is 2.47. The van der Waals surface area contributed by atoms with E-state index in [4.69, 9.17) is 0 Å². The van der Waals surface area contributed by atoms with Gasteiger partial charge in [0.05, 0.1) is 0 Å². The summed E-state index contributed by atoms with van der Waals surface area (Å²) in [6.45, 7) is 7.33. The van der Waals surface area contributed by atoms with Crippen LogP contribution in [0.2, 0.25) is 0 Å². The van der Waals surface area contributed by atoms with Crippen LogP contribution in [0.4, 0.5) is 0 Å². The van der Waals surface area contributed by atoms with Crippen LogP contribution in [-0.4, -0.2) is 0 Å². The standard InChI is InChI=1S/C10H17.Li/c1-9(2)8-4-6-10(9,3)7-5-8;/h4-7H2,1-3H3;/q-1;+1. The molecule has 1 heteroatoms. The molecule has 2 aliphatic carbocycles. The summed E-state index contributed by atoms with van der Waals surface area (Å²) in [5.41, 5.74) is 1.25. The van der Waals surface area contributed by atoms with Gasteiger partial charge in [0.1, 0.15) is 0 Å². The minimum Gasteiger partial charge on any atom is -0.308 e. The van der Waals surface area contributed by atoms with E-state index < -0.39 is 0 Å². The summed E-state index contributed by atoms with van der Waals surface area (Å²) < 4.78 is 0. The van der Waals surface area contributed by atoms with Crippen molar-refractivity contribution in [3.05, 3.63) is 5.92 Å². The van der Waals surface area contributed by atoms with Crippen LogP contribution in [0, 0.1) is 16.7 Å². The van der Waals surface area contributed by atoms with E-state index in [0.717, 1.165) is 0 Å². The van der Waals surface area contributed by atoms with Crippen LogP contribution < -0.4 is 18.9 Å². The summed E-state index contributed by atoms with van der Waals surface area (Å²) in [6.07, 6.45) is 5.75. The summed E-state index contributed by atoms with van der Waals surface area (Å²) in [6, 6.07) is 0. The van der Waals surface area contributed by atoms with E-state index in [-0.39, 0.29) is 18.9 Å². The minimum absolute atomic E-state index is 0. The molecule has 0 saturated heterocycles. The Bertz CT molecular complexity index is 150. The second-order valence-electron chi connectivity index (χ2n) is 4.79. The summed E-state index contributed by atoms with van der Waals surface area (Å²) in [5, 5.41) is 0. The third kappa shape index (κ3) is 1.03. The molecule has 0 aromatic carbocycles. The average molecular weight is 144 g/mol. The van der Waals surface area contributed by atoms with Crippen molar-refractivity contribution in [3.63, 3.8) is 0 Å². The van der Waals surface area contributed by atoms with E-state index in [0.29, 0.717) is 10.8 Å². The van der Waals surface area contributed by atoms with Crippen molar-refractivity contribution in [1.82, 2.24) is 0 Å². The Labute approximate surface area is 82.3 Å². The van der Waals surface area contributed by atoms with E-state index in [2.05, 4.69) is 20.8 Å². The Morgan fingerprint density at radius 3 is 1.55 bits per heavy atom. The van der Waals surface area contributed by atoms with Gasteiger partial charge in [0, 0.05) is 0 Å². The van der Waals surface area contributed by atoms with Gasteiger partial charge in [-0.2, -0.15) is 18.3 Å². The zero-order valence-electron chi connectivity index (χ0n) is 8.33. The first-order chi connectivity index (χ1) is 4.56. The summed E-state index contributed by atoms with van der Waals surface area (Å²) in [7, 11) is 0. The van der Waals surface area contributed by atoms with E-state index >= 15 is 0 Å². The van der Waals surface area contributed by atoms with Crippen molar-refractivity contribution in [2.24, 2.45) is 10.8 Å². The van der Waals surface area contributed by atoms with Crippen LogP contribution in [0.5, 0.6) is 0 Å². The second kappa shape index (κ2) is 2.54. The van der Waals surface area contributed by atoms with Crippen LogP contribution in [0.1, 0.15) is 46.5 Å². The predicted octanol–water partition coefficient (Wildman–Crippen LogP) is 0.185. The van der Waals surface area contributed by atoms with Crippen molar-refractivity contribution in [2.75, 3.05) is 0 Å². The quantitative estimate of drug-likeness (QED) is 0.336. The summed E-state index contributed by atoms with van der Waals surface area (Å²) in [5.74, 6) is 1.84. The number of rotatable bonds is 0. The molecule has 0 atom stereocenters. The molecule has 0 heterocycles. The minimum atomic E-state index is 0. The maximum absolute atomic E-state index is 2.47. The van der Waals surface area contributed by atoms with Gasteiger partial charge in [0.2, 0.25) is 0 Å². The molecule has 0 aliphatic heterocycles. The van der Waals surface area contributed by atoms with Gasteiger partial charge < -0.3 is 5.92 Å². The fourth-order valence-electron chi connectivity index (χ4n) is 2.78. The molecule has 0 nitrogen and oxygen atoms in total. The van der Waals surface area contributed by atoms with Crippen molar-refractivity contribution < 1.29 is 18.9 Å². The van der Waals surface area contributed by atoms with Crippen molar-refractivity contribution in [3.8, 4) is 0 Å². The molecule has 2 aliphatic rings. The zero-order valence-corrected chi connectivity index (χ0v) is 8.33. The topological polar surface area (TPSA) is 0 Å². The number of hydrogen-bond donors (Lipinski definition) is 0. The fourth-order valence-corrected chi connectivity index (χ4v) is 2.78. The van der Waals surface area contributed by atoms with Gasteiger partial charge in [-0.3, -0.25) is 0 Å². The molecule has 2 bridgehead atoms. The van der Waals surface area contributed by atoms with Crippen LogP contribution in [0.25, 0.3) is 0 Å². The Morgan fingerprint density at radius 2 is 1.45 bits per heavy atom. The smallest absolute Gasteiger partial charge is 0.308 e. The second-order valence-corrected chi connectivity index (χ2v) is 4.79. The third-order valence-electron chi connectivity index (χ3n) is 4.35. The van der Waals surface area contributed by atoms with Crippen LogP contribution >= 0.6 is 0 Å². The monoisotopic (exact) mass is 144 g/mol. The molecule has 0 amide bonds. The predicted molar refractivity (Wildman–Crippen MR) is 43.6 cm³/mol. The van der Waals surface area contributed by atoms with Crippen LogP contribution in [0.3, 0.4) is 0 Å². The van der Waals surface area contributed by atoms with Crippen LogP contribution in [-0.2, 0) is 0 Å². The summed E-state index contributed by atoms with van der Waals surface area (Å²) in [4.78, 5) is 0. The van der Waals surface area contributed by atoms with Crippen molar-refractivity contribution >= 4 is 0 Å². The summed E-state index contributed by atoms with van der Waals surface area (Å²) >= 11 is 0. The first-order valence-electron chi connectivity index (χ1n) is 4.41. The van der Waals surface area contributed by atoms with E-state index in [1.165, 1.54) is 25.7 Å². The first kappa shape index (κ1) is 9.68. The van der Waals surface area contributed by atoms with Gasteiger partial charge >= 0.3 is 18.9 Å². The Morgan fingerprint density at radius 1 is 1.00 bits per heavy atom. The van der Waals surface area contributed by atoms with E-state index in [1.807, 2.05) is 5.92 Å². The molecule has 0 aromatic rings. The van der Waals surface area contributed by atoms with Gasteiger partial charge in [-0.25, -0.2) is 0 Å². The molecule has 0 spiro atoms. The molecule has 0 N–H and O–H groups in total. The van der Waals surface area contributed by atoms with Gasteiger partial charge in [-0.05, 0) is 0 Å². The zero-order chi connectivity index (χ0) is 7.41. The maximum Gasteiger partial charge on any atom is 1.00 e. The Balaban J connectivity index is 0.000000605. The van der Waals surface area contributed by atoms with Gasteiger partial charge in [-0.1, -0.05) is 39.0 Å². The average Bonchev–Trinajstić information content (AvgIpc) is 2.18.